The van der Waals surface area contributed by atoms with Gasteiger partial charge < -0.3 is 14.5 Å². The second-order valence-electron chi connectivity index (χ2n) is 12.1. The number of ether oxygens (including phenoxy) is 1. The van der Waals surface area contributed by atoms with Crippen molar-refractivity contribution in [3.63, 3.8) is 0 Å². The van der Waals surface area contributed by atoms with Crippen molar-refractivity contribution in [2.75, 3.05) is 38.2 Å². The van der Waals surface area contributed by atoms with Gasteiger partial charge in [-0.25, -0.2) is 0 Å². The third-order valence-corrected chi connectivity index (χ3v) is 9.26. The number of hydrogen-bond acceptors (Lipinski definition) is 7. The molecule has 5 rings (SSSR count). The van der Waals surface area contributed by atoms with Crippen molar-refractivity contribution in [1.29, 1.82) is 0 Å². The van der Waals surface area contributed by atoms with E-state index in [0.29, 0.717) is 5.25 Å². The summed E-state index contributed by atoms with van der Waals surface area (Å²) < 4.78 is 7.73. The molecule has 40 heavy (non-hydrogen) atoms. The average molecular weight is 563 g/mol. The van der Waals surface area contributed by atoms with Crippen LogP contribution in [-0.4, -0.2) is 63.3 Å². The third-order valence-electron chi connectivity index (χ3n) is 7.97. The first-order valence-electron chi connectivity index (χ1n) is 15.2. The number of nitrogens with zero attached hydrogens (tertiary/aromatic N) is 6. The highest BCUT2D eigenvalue weighted by Crippen LogP contribution is 2.37. The Kier molecular flexibility index (Phi) is 8.93. The van der Waals surface area contributed by atoms with Crippen LogP contribution in [0.2, 0.25) is 0 Å². The molecule has 1 atom stereocenters. The number of benzene rings is 1. The zero-order valence-electron chi connectivity index (χ0n) is 25.2. The van der Waals surface area contributed by atoms with Crippen LogP contribution in [0, 0.1) is 0 Å². The van der Waals surface area contributed by atoms with Crippen LogP contribution in [0.5, 0.6) is 5.75 Å². The van der Waals surface area contributed by atoms with Gasteiger partial charge in [0.25, 0.3) is 0 Å². The first kappa shape index (κ1) is 28.8. The normalized spacial score (nSPS) is 18.2. The van der Waals surface area contributed by atoms with Gasteiger partial charge in [-0.2, -0.15) is 9.61 Å². The third kappa shape index (κ3) is 5.97. The SMILES string of the molecule is CCCCN(CCCC)C1=CCC(/C=c2/c(C(C)(C)C)nn3c(-c4cc(N5CCCC5)ccc4OC)nnc23)S1. The van der Waals surface area contributed by atoms with Crippen LogP contribution >= 0.6 is 11.8 Å². The van der Waals surface area contributed by atoms with Gasteiger partial charge >= 0.3 is 0 Å². The number of aromatic nitrogens is 4. The Hall–Kier alpha value is -2.74. The fraction of sp³-hybridized carbons (Fsp3) is 0.594. The van der Waals surface area contributed by atoms with Crippen LogP contribution in [0.3, 0.4) is 0 Å². The van der Waals surface area contributed by atoms with Crippen molar-refractivity contribution in [2.45, 2.75) is 90.2 Å². The first-order valence-corrected chi connectivity index (χ1v) is 16.0. The molecule has 7 nitrogen and oxygen atoms in total. The lowest BCUT2D eigenvalue weighted by molar-refractivity contribution is 0.352. The minimum atomic E-state index is -0.126. The van der Waals surface area contributed by atoms with Crippen LogP contribution < -0.4 is 14.9 Å². The molecule has 0 bridgehead atoms. The van der Waals surface area contributed by atoms with E-state index in [1.807, 2.05) is 16.3 Å². The molecular formula is C32H46N6OS. The van der Waals surface area contributed by atoms with Gasteiger partial charge in [0, 0.05) is 47.7 Å². The number of anilines is 1. The Morgan fingerprint density at radius 3 is 2.45 bits per heavy atom. The summed E-state index contributed by atoms with van der Waals surface area (Å²) in [5, 5.41) is 17.5. The Bertz CT molecular complexity index is 1380. The van der Waals surface area contributed by atoms with E-state index in [1.54, 1.807) is 7.11 Å². The van der Waals surface area contributed by atoms with Crippen LogP contribution in [0.15, 0.2) is 29.3 Å². The molecule has 2 aromatic heterocycles. The molecule has 1 fully saturated rings. The summed E-state index contributed by atoms with van der Waals surface area (Å²) in [6.45, 7) is 15.7. The molecule has 2 aliphatic rings. The van der Waals surface area contributed by atoms with Gasteiger partial charge in [0.1, 0.15) is 5.75 Å². The number of methoxy groups -OCH3 is 1. The molecule has 0 amide bonds. The molecule has 0 saturated carbocycles. The quantitative estimate of drug-likeness (QED) is 0.266. The molecule has 1 aromatic carbocycles. The molecule has 3 aromatic rings. The van der Waals surface area contributed by atoms with Gasteiger partial charge in [-0.1, -0.05) is 59.6 Å². The van der Waals surface area contributed by atoms with E-state index in [2.05, 4.69) is 79.9 Å². The molecular weight excluding hydrogens is 516 g/mol. The highest BCUT2D eigenvalue weighted by molar-refractivity contribution is 8.04. The molecule has 0 spiro atoms. The summed E-state index contributed by atoms with van der Waals surface area (Å²) in [4.78, 5) is 5.04. The molecule has 8 heteroatoms. The zero-order valence-corrected chi connectivity index (χ0v) is 26.1. The van der Waals surface area contributed by atoms with E-state index in [-0.39, 0.29) is 5.41 Å². The summed E-state index contributed by atoms with van der Waals surface area (Å²) in [5.74, 6) is 1.53. The second kappa shape index (κ2) is 12.4. The van der Waals surface area contributed by atoms with E-state index in [0.717, 1.165) is 66.3 Å². The predicted octanol–water partition coefficient (Wildman–Crippen LogP) is 6.45. The molecule has 1 unspecified atom stereocenters. The van der Waals surface area contributed by atoms with Gasteiger partial charge in [-0.05, 0) is 50.3 Å². The maximum Gasteiger partial charge on any atom is 0.189 e. The molecule has 0 aliphatic carbocycles. The van der Waals surface area contributed by atoms with Crippen LogP contribution in [0.25, 0.3) is 23.1 Å². The highest BCUT2D eigenvalue weighted by Gasteiger charge is 2.28. The Labute approximate surface area is 244 Å². The van der Waals surface area contributed by atoms with E-state index in [1.165, 1.54) is 49.2 Å². The fourth-order valence-electron chi connectivity index (χ4n) is 5.71. The number of allylic oxidation sites excluding steroid dienone is 1. The Morgan fingerprint density at radius 1 is 1.07 bits per heavy atom. The number of thioether (sulfide) groups is 1. The van der Waals surface area contributed by atoms with E-state index in [4.69, 9.17) is 14.9 Å². The minimum absolute atomic E-state index is 0.126. The van der Waals surface area contributed by atoms with Gasteiger partial charge in [-0.3, -0.25) is 0 Å². The lowest BCUT2D eigenvalue weighted by Gasteiger charge is -2.25. The van der Waals surface area contributed by atoms with Gasteiger partial charge in [-0.15, -0.1) is 22.0 Å². The summed E-state index contributed by atoms with van der Waals surface area (Å²) >= 11 is 1.99. The van der Waals surface area contributed by atoms with E-state index >= 15 is 0 Å². The topological polar surface area (TPSA) is 58.8 Å². The van der Waals surface area contributed by atoms with Gasteiger partial charge in [0.15, 0.2) is 11.5 Å². The van der Waals surface area contributed by atoms with Crippen molar-refractivity contribution in [3.8, 4) is 17.1 Å². The number of rotatable bonds is 11. The number of unbranched alkanes of at least 4 members (excludes halogenated alkanes) is 2. The average Bonchev–Trinajstić information content (AvgIpc) is 3.74. The van der Waals surface area contributed by atoms with E-state index < -0.39 is 0 Å². The van der Waals surface area contributed by atoms with E-state index in [9.17, 15) is 0 Å². The zero-order chi connectivity index (χ0) is 28.3. The summed E-state index contributed by atoms with van der Waals surface area (Å²) in [7, 11) is 1.72. The molecule has 0 radical (unpaired) electrons. The minimum Gasteiger partial charge on any atom is -0.496 e. The molecule has 216 valence electrons. The van der Waals surface area contributed by atoms with Crippen molar-refractivity contribution >= 4 is 29.2 Å². The summed E-state index contributed by atoms with van der Waals surface area (Å²) in [6, 6.07) is 6.39. The molecule has 2 aliphatic heterocycles. The van der Waals surface area contributed by atoms with Crippen LogP contribution in [-0.2, 0) is 5.41 Å². The predicted molar refractivity (Wildman–Crippen MR) is 168 cm³/mol. The maximum absolute atomic E-state index is 5.79. The molecule has 0 N–H and O–H groups in total. The van der Waals surface area contributed by atoms with Crippen molar-refractivity contribution in [1.82, 2.24) is 24.7 Å². The largest absolute Gasteiger partial charge is 0.496 e. The van der Waals surface area contributed by atoms with Gasteiger partial charge in [0.2, 0.25) is 0 Å². The molecule has 4 heterocycles. The monoisotopic (exact) mass is 562 g/mol. The molecule has 1 saturated heterocycles. The summed E-state index contributed by atoms with van der Waals surface area (Å²) in [6.07, 6.45) is 13.3. The fourth-order valence-corrected chi connectivity index (χ4v) is 6.94. The smallest absolute Gasteiger partial charge is 0.189 e. The van der Waals surface area contributed by atoms with Crippen LogP contribution in [0.1, 0.15) is 85.3 Å². The Balaban J connectivity index is 1.51. The lowest BCUT2D eigenvalue weighted by atomic mass is 9.91. The standard InChI is InChI=1S/C32H46N6OS/c1-7-9-17-37(18-10-8-2)28-16-14-24(40-28)22-26-29(32(3,4)5)35-38-30(33-34-31(26)38)25-21-23(13-15-27(25)39-6)36-19-11-12-20-36/h13,15-16,21-22,24H,7-12,14,17-20H2,1-6H3/b26-22-. The van der Waals surface area contributed by atoms with Gasteiger partial charge in [0.05, 0.1) is 23.4 Å². The summed E-state index contributed by atoms with van der Waals surface area (Å²) in [5.41, 5.74) is 3.91. The van der Waals surface area contributed by atoms with Crippen molar-refractivity contribution in [3.05, 3.63) is 40.2 Å². The van der Waals surface area contributed by atoms with Crippen molar-refractivity contribution in [2.24, 2.45) is 0 Å². The van der Waals surface area contributed by atoms with Crippen LogP contribution in [0.4, 0.5) is 5.69 Å². The number of hydrogen-bond donors (Lipinski definition) is 0. The second-order valence-corrected chi connectivity index (χ2v) is 13.4. The van der Waals surface area contributed by atoms with Crippen molar-refractivity contribution < 1.29 is 4.74 Å². The maximum atomic E-state index is 5.79. The lowest BCUT2D eigenvalue weighted by Crippen LogP contribution is -2.24. The first-order chi connectivity index (χ1) is 19.3. The number of fused-ring (bicyclic) bond motifs is 1. The highest BCUT2D eigenvalue weighted by atomic mass is 32.2. The Morgan fingerprint density at radius 2 is 1.80 bits per heavy atom.